The van der Waals surface area contributed by atoms with Gasteiger partial charge in [-0.05, 0) is 18.4 Å². The standard InChI is InChI=1S/C12H9N3OS2/c1-17-9-3-2-4-10(8(9)7-13)18-12-14-6-5-11(16)15-12/h2-6H,1H3,(H,14,15,16). The number of thioether (sulfide) groups is 1. The number of hydrogen-bond acceptors (Lipinski definition) is 5. The fraction of sp³-hybridized carbons (Fsp3) is 0.0833. The SMILES string of the molecule is CSc1cccc(Sc2nccc(=O)[nH]2)c1C#N. The van der Waals surface area contributed by atoms with Gasteiger partial charge in [0.2, 0.25) is 0 Å². The molecule has 0 spiro atoms. The van der Waals surface area contributed by atoms with Crippen LogP contribution in [0.3, 0.4) is 0 Å². The summed E-state index contributed by atoms with van der Waals surface area (Å²) in [6, 6.07) is 9.17. The highest BCUT2D eigenvalue weighted by Gasteiger charge is 2.09. The topological polar surface area (TPSA) is 69.5 Å². The summed E-state index contributed by atoms with van der Waals surface area (Å²) in [5.74, 6) is 0. The maximum absolute atomic E-state index is 11.2. The molecule has 0 unspecified atom stereocenters. The van der Waals surface area contributed by atoms with Gasteiger partial charge in [0.15, 0.2) is 5.16 Å². The molecule has 4 nitrogen and oxygen atoms in total. The smallest absolute Gasteiger partial charge is 0.251 e. The Bertz CT molecular complexity index is 661. The van der Waals surface area contributed by atoms with Crippen LogP contribution in [0.2, 0.25) is 0 Å². The Balaban J connectivity index is 2.41. The van der Waals surface area contributed by atoms with Crippen molar-refractivity contribution in [1.29, 1.82) is 5.26 Å². The fourth-order valence-corrected chi connectivity index (χ4v) is 2.90. The predicted octanol–water partition coefficient (Wildman–Crippen LogP) is 2.51. The second-order valence-electron chi connectivity index (χ2n) is 3.29. The summed E-state index contributed by atoms with van der Waals surface area (Å²) >= 11 is 2.80. The molecule has 0 saturated heterocycles. The van der Waals surface area contributed by atoms with Crippen molar-refractivity contribution in [3.05, 3.63) is 46.4 Å². The van der Waals surface area contributed by atoms with Crippen molar-refractivity contribution in [2.75, 3.05) is 6.26 Å². The van der Waals surface area contributed by atoms with Gasteiger partial charge in [0.25, 0.3) is 5.56 Å². The number of benzene rings is 1. The molecule has 1 aromatic carbocycles. The summed E-state index contributed by atoms with van der Waals surface area (Å²) in [7, 11) is 0. The molecule has 0 radical (unpaired) electrons. The lowest BCUT2D eigenvalue weighted by atomic mass is 10.2. The summed E-state index contributed by atoms with van der Waals surface area (Å²) in [6.45, 7) is 0. The number of aromatic nitrogens is 2. The number of H-pyrrole nitrogens is 1. The molecule has 0 aliphatic rings. The number of nitrogens with one attached hydrogen (secondary N) is 1. The third kappa shape index (κ3) is 2.75. The molecule has 90 valence electrons. The summed E-state index contributed by atoms with van der Waals surface area (Å²) < 4.78 is 0. The Morgan fingerprint density at radius 1 is 1.33 bits per heavy atom. The van der Waals surface area contributed by atoms with E-state index >= 15 is 0 Å². The molecule has 6 heteroatoms. The van der Waals surface area contributed by atoms with Crippen molar-refractivity contribution >= 4 is 23.5 Å². The molecule has 2 aromatic rings. The minimum absolute atomic E-state index is 0.202. The number of rotatable bonds is 3. The Kier molecular flexibility index (Phi) is 4.07. The molecule has 1 N–H and O–H groups in total. The van der Waals surface area contributed by atoms with Crippen LogP contribution in [0, 0.1) is 11.3 Å². The average Bonchev–Trinajstić information content (AvgIpc) is 2.38. The van der Waals surface area contributed by atoms with E-state index in [0.717, 1.165) is 9.79 Å². The molecule has 18 heavy (non-hydrogen) atoms. The first kappa shape index (κ1) is 12.7. The van der Waals surface area contributed by atoms with Crippen molar-refractivity contribution in [2.45, 2.75) is 14.9 Å². The number of nitrogens with zero attached hydrogens (tertiary/aromatic N) is 2. The maximum Gasteiger partial charge on any atom is 0.251 e. The van der Waals surface area contributed by atoms with Crippen LogP contribution < -0.4 is 5.56 Å². The van der Waals surface area contributed by atoms with Crippen LogP contribution >= 0.6 is 23.5 Å². The predicted molar refractivity (Wildman–Crippen MR) is 71.9 cm³/mol. The van der Waals surface area contributed by atoms with E-state index in [4.69, 9.17) is 0 Å². The zero-order valence-corrected chi connectivity index (χ0v) is 11.1. The van der Waals surface area contributed by atoms with E-state index in [1.807, 2.05) is 24.5 Å². The number of hydrogen-bond donors (Lipinski definition) is 1. The fourth-order valence-electron chi connectivity index (χ4n) is 1.38. The van der Waals surface area contributed by atoms with E-state index in [0.29, 0.717) is 10.7 Å². The minimum Gasteiger partial charge on any atom is -0.301 e. The molecule has 2 rings (SSSR count). The van der Waals surface area contributed by atoms with Gasteiger partial charge < -0.3 is 4.98 Å². The molecular weight excluding hydrogens is 266 g/mol. The van der Waals surface area contributed by atoms with Gasteiger partial charge in [0.05, 0.1) is 5.56 Å². The lowest BCUT2D eigenvalue weighted by molar-refractivity contribution is 0.936. The van der Waals surface area contributed by atoms with Gasteiger partial charge in [-0.2, -0.15) is 5.26 Å². The molecule has 0 amide bonds. The highest BCUT2D eigenvalue weighted by molar-refractivity contribution is 7.99. The molecule has 0 bridgehead atoms. The van der Waals surface area contributed by atoms with Crippen LogP contribution in [-0.2, 0) is 0 Å². The maximum atomic E-state index is 11.2. The van der Waals surface area contributed by atoms with Crippen molar-refractivity contribution in [2.24, 2.45) is 0 Å². The van der Waals surface area contributed by atoms with Gasteiger partial charge in [-0.1, -0.05) is 17.8 Å². The molecule has 0 aliphatic heterocycles. The van der Waals surface area contributed by atoms with E-state index in [2.05, 4.69) is 16.0 Å². The van der Waals surface area contributed by atoms with Crippen molar-refractivity contribution in [3.8, 4) is 6.07 Å². The van der Waals surface area contributed by atoms with E-state index in [1.54, 1.807) is 0 Å². The second-order valence-corrected chi connectivity index (χ2v) is 5.17. The molecule has 1 heterocycles. The van der Waals surface area contributed by atoms with Crippen LogP contribution in [0.15, 0.2) is 50.2 Å². The van der Waals surface area contributed by atoms with Gasteiger partial charge in [-0.3, -0.25) is 4.79 Å². The van der Waals surface area contributed by atoms with E-state index < -0.39 is 0 Å². The molecular formula is C12H9N3OS2. The quantitative estimate of drug-likeness (QED) is 0.688. The Hall–Kier alpha value is -1.71. The molecule has 0 atom stereocenters. The first-order valence-electron chi connectivity index (χ1n) is 5.05. The highest BCUT2D eigenvalue weighted by atomic mass is 32.2. The van der Waals surface area contributed by atoms with Gasteiger partial charge >= 0.3 is 0 Å². The van der Waals surface area contributed by atoms with E-state index in [9.17, 15) is 10.1 Å². The van der Waals surface area contributed by atoms with E-state index in [-0.39, 0.29) is 5.56 Å². The Morgan fingerprint density at radius 3 is 2.78 bits per heavy atom. The summed E-state index contributed by atoms with van der Waals surface area (Å²) in [4.78, 5) is 19.6. The van der Waals surface area contributed by atoms with Crippen LogP contribution in [0.25, 0.3) is 0 Å². The number of aromatic amines is 1. The van der Waals surface area contributed by atoms with Gasteiger partial charge in [-0.15, -0.1) is 11.8 Å². The first-order chi connectivity index (χ1) is 8.74. The van der Waals surface area contributed by atoms with Crippen LogP contribution in [0.4, 0.5) is 0 Å². The second kappa shape index (κ2) is 5.76. The summed E-state index contributed by atoms with van der Waals surface area (Å²) in [6.07, 6.45) is 3.37. The monoisotopic (exact) mass is 275 g/mol. The Morgan fingerprint density at radius 2 is 2.11 bits per heavy atom. The van der Waals surface area contributed by atoms with Gasteiger partial charge in [0, 0.05) is 22.1 Å². The zero-order valence-electron chi connectivity index (χ0n) is 9.51. The third-order valence-corrected chi connectivity index (χ3v) is 3.92. The van der Waals surface area contributed by atoms with Crippen LogP contribution in [0.5, 0.6) is 0 Å². The van der Waals surface area contributed by atoms with Crippen LogP contribution in [-0.4, -0.2) is 16.2 Å². The lowest BCUT2D eigenvalue weighted by Gasteiger charge is -2.06. The van der Waals surface area contributed by atoms with Crippen molar-refractivity contribution < 1.29 is 0 Å². The van der Waals surface area contributed by atoms with Gasteiger partial charge in [-0.25, -0.2) is 4.98 Å². The largest absolute Gasteiger partial charge is 0.301 e. The molecule has 1 aromatic heterocycles. The normalized spacial score (nSPS) is 10.0. The van der Waals surface area contributed by atoms with Gasteiger partial charge in [0.1, 0.15) is 6.07 Å². The zero-order chi connectivity index (χ0) is 13.0. The molecule has 0 aliphatic carbocycles. The molecule has 0 saturated carbocycles. The summed E-state index contributed by atoms with van der Waals surface area (Å²) in [5.41, 5.74) is 0.411. The van der Waals surface area contributed by atoms with Crippen molar-refractivity contribution in [1.82, 2.24) is 9.97 Å². The van der Waals surface area contributed by atoms with Crippen LogP contribution in [0.1, 0.15) is 5.56 Å². The average molecular weight is 275 g/mol. The van der Waals surface area contributed by atoms with Crippen molar-refractivity contribution in [3.63, 3.8) is 0 Å². The molecule has 0 fully saturated rings. The summed E-state index contributed by atoms with van der Waals surface area (Å²) in [5, 5.41) is 9.68. The first-order valence-corrected chi connectivity index (χ1v) is 7.09. The Labute approximate surface area is 112 Å². The highest BCUT2D eigenvalue weighted by Crippen LogP contribution is 2.32. The lowest BCUT2D eigenvalue weighted by Crippen LogP contribution is -2.05. The number of nitriles is 1. The minimum atomic E-state index is -0.202. The third-order valence-electron chi connectivity index (χ3n) is 2.17. The van der Waals surface area contributed by atoms with E-state index in [1.165, 1.54) is 35.8 Å².